The second-order valence-corrected chi connectivity index (χ2v) is 19.6. The van der Waals surface area contributed by atoms with Gasteiger partial charge in [-0.25, -0.2) is 0 Å². The van der Waals surface area contributed by atoms with Crippen molar-refractivity contribution in [1.82, 2.24) is 0 Å². The van der Waals surface area contributed by atoms with Crippen molar-refractivity contribution in [3.8, 4) is 44.5 Å². The Morgan fingerprint density at radius 2 is 0.731 bits per heavy atom. The molecule has 52 heavy (non-hydrogen) atoms. The lowest BCUT2D eigenvalue weighted by molar-refractivity contribution is 0.659. The zero-order valence-electron chi connectivity index (χ0n) is 29.3. The van der Waals surface area contributed by atoms with Crippen LogP contribution in [0.4, 0.5) is 0 Å². The number of benzene rings is 7. The molecule has 0 amide bonds. The summed E-state index contributed by atoms with van der Waals surface area (Å²) in [6.45, 7) is 9.60. The van der Waals surface area contributed by atoms with E-state index in [-0.39, 0.29) is 10.8 Å². The van der Waals surface area contributed by atoms with Gasteiger partial charge in [0.05, 0.1) is 0 Å². The molecule has 0 bridgehead atoms. The van der Waals surface area contributed by atoms with Crippen molar-refractivity contribution in [2.24, 2.45) is 0 Å². The quantitative estimate of drug-likeness (QED) is 0.173. The topological polar surface area (TPSA) is 0 Å². The lowest BCUT2D eigenvalue weighted by Gasteiger charge is -2.24. The summed E-state index contributed by atoms with van der Waals surface area (Å²) in [6, 6.07) is 50.7. The summed E-state index contributed by atoms with van der Waals surface area (Å²) >= 11 is 7.69. The Labute approximate surface area is 322 Å². The van der Waals surface area contributed by atoms with Crippen molar-refractivity contribution in [2.45, 2.75) is 77.7 Å². The van der Waals surface area contributed by atoms with Crippen molar-refractivity contribution in [1.29, 1.82) is 0 Å². The minimum absolute atomic E-state index is 0.0753. The first-order chi connectivity index (χ1) is 25.3. The maximum Gasteiger partial charge on any atom is 0.0344 e. The molecule has 7 aromatic rings. The van der Waals surface area contributed by atoms with Gasteiger partial charge < -0.3 is 0 Å². The van der Waals surface area contributed by atoms with Crippen LogP contribution < -0.4 is 0 Å². The highest BCUT2D eigenvalue weighted by Gasteiger charge is 2.40. The van der Waals surface area contributed by atoms with E-state index < -0.39 is 0 Å². The molecule has 7 aromatic carbocycles. The van der Waals surface area contributed by atoms with Crippen LogP contribution in [0.1, 0.15) is 49.9 Å². The molecule has 2 aliphatic carbocycles. The summed E-state index contributed by atoms with van der Waals surface area (Å²) in [5.74, 6) is 0. The Bertz CT molecular complexity index is 2520. The van der Waals surface area contributed by atoms with Gasteiger partial charge in [0.15, 0.2) is 0 Å². The molecule has 0 unspecified atom stereocenters. The van der Waals surface area contributed by atoms with Gasteiger partial charge in [-0.3, -0.25) is 0 Å². The molecule has 0 spiro atoms. The normalized spacial score (nSPS) is 16.1. The van der Waals surface area contributed by atoms with Crippen molar-refractivity contribution in [2.75, 3.05) is 0 Å². The summed E-state index contributed by atoms with van der Waals surface area (Å²) in [4.78, 5) is 11.0. The Morgan fingerprint density at radius 3 is 1.17 bits per heavy atom. The van der Waals surface area contributed by atoms with Gasteiger partial charge in [-0.2, -0.15) is 0 Å². The van der Waals surface area contributed by atoms with Crippen LogP contribution in [0.3, 0.4) is 0 Å². The van der Waals surface area contributed by atoms with E-state index in [0.29, 0.717) is 0 Å². The summed E-state index contributed by atoms with van der Waals surface area (Å²) < 4.78 is 0. The van der Waals surface area contributed by atoms with Gasteiger partial charge in [0, 0.05) is 61.1 Å². The third-order valence-corrected chi connectivity index (χ3v) is 16.8. The average molecular weight is 739 g/mol. The predicted molar refractivity (Wildman–Crippen MR) is 222 cm³/mol. The minimum Gasteiger partial charge on any atom is -0.0877 e. The van der Waals surface area contributed by atoms with Gasteiger partial charge in [-0.15, -0.1) is 0 Å². The monoisotopic (exact) mass is 738 g/mol. The summed E-state index contributed by atoms with van der Waals surface area (Å²) in [5, 5.41) is 0. The van der Waals surface area contributed by atoms with Crippen LogP contribution in [-0.2, 0) is 10.8 Å². The van der Waals surface area contributed by atoms with E-state index in [1.165, 1.54) is 106 Å². The van der Waals surface area contributed by atoms with Crippen molar-refractivity contribution in [3.63, 3.8) is 0 Å². The zero-order valence-corrected chi connectivity index (χ0v) is 32.6. The standard InChI is InChI=1S/C48H34S4/c1-47(2)33-20-22-41-45(51-39-14-7-5-12-37(39)49-41)43(33)31-18-16-29(25-35(31)47)27-10-9-11-28(24-27)30-17-19-32-36(26-30)48(3,4)34-21-23-42-46(44(32)34)52-40-15-8-6-13-38(40)50-42/h5-26H,1-4H3. The molecule has 0 radical (unpaired) electrons. The van der Waals surface area contributed by atoms with Crippen molar-refractivity contribution in [3.05, 3.63) is 156 Å². The molecular weight excluding hydrogens is 705 g/mol. The maximum absolute atomic E-state index is 2.47. The Kier molecular flexibility index (Phi) is 6.79. The van der Waals surface area contributed by atoms with Crippen LogP contribution in [0.15, 0.2) is 173 Å². The van der Waals surface area contributed by atoms with E-state index in [4.69, 9.17) is 0 Å². The number of rotatable bonds is 2. The zero-order chi connectivity index (χ0) is 34.9. The molecule has 11 rings (SSSR count). The molecule has 0 nitrogen and oxygen atoms in total. The SMILES string of the molecule is CC1(C)c2cc(-c3cccc(-c4ccc5c(c4)C(C)(C)c4ccc6c(c4-5)Sc4ccccc4S6)c3)ccc2-c2c1ccc1c2Sc2ccccc2S1. The van der Waals surface area contributed by atoms with E-state index in [2.05, 4.69) is 161 Å². The maximum atomic E-state index is 2.47. The van der Waals surface area contributed by atoms with Gasteiger partial charge in [-0.05, 0) is 110 Å². The average Bonchev–Trinajstić information content (AvgIpc) is 3.55. The molecule has 4 aliphatic rings. The first kappa shape index (κ1) is 31.5. The number of fused-ring (bicyclic) bond motifs is 12. The van der Waals surface area contributed by atoms with Gasteiger partial charge in [0.25, 0.3) is 0 Å². The van der Waals surface area contributed by atoms with E-state index in [1.54, 1.807) is 0 Å². The second-order valence-electron chi connectivity index (χ2n) is 15.3. The van der Waals surface area contributed by atoms with E-state index in [1.807, 2.05) is 47.0 Å². The highest BCUT2D eigenvalue weighted by molar-refractivity contribution is 8.05. The largest absolute Gasteiger partial charge is 0.0877 e. The molecule has 4 heteroatoms. The van der Waals surface area contributed by atoms with E-state index in [9.17, 15) is 0 Å². The Balaban J connectivity index is 0.963. The molecule has 250 valence electrons. The Hall–Kier alpha value is -4.06. The molecule has 0 saturated carbocycles. The minimum atomic E-state index is -0.0753. The van der Waals surface area contributed by atoms with Gasteiger partial charge in [-0.1, -0.05) is 154 Å². The number of hydrogen-bond donors (Lipinski definition) is 0. The van der Waals surface area contributed by atoms with Crippen LogP contribution in [0.5, 0.6) is 0 Å². The lowest BCUT2D eigenvalue weighted by atomic mass is 9.81. The second kappa shape index (κ2) is 11.2. The summed E-state index contributed by atoms with van der Waals surface area (Å²) in [7, 11) is 0. The van der Waals surface area contributed by atoms with Gasteiger partial charge in [0.1, 0.15) is 0 Å². The summed E-state index contributed by atoms with van der Waals surface area (Å²) in [6.07, 6.45) is 0. The lowest BCUT2D eigenvalue weighted by Crippen LogP contribution is -2.15. The fraction of sp³-hybridized carbons (Fsp3) is 0.125. The third-order valence-electron chi connectivity index (χ3n) is 11.6. The van der Waals surface area contributed by atoms with Gasteiger partial charge >= 0.3 is 0 Å². The fourth-order valence-electron chi connectivity index (χ4n) is 8.85. The van der Waals surface area contributed by atoms with E-state index in [0.717, 1.165) is 0 Å². The molecule has 2 heterocycles. The van der Waals surface area contributed by atoms with E-state index >= 15 is 0 Å². The smallest absolute Gasteiger partial charge is 0.0344 e. The molecular formula is C48H34S4. The van der Waals surface area contributed by atoms with Crippen LogP contribution in [0.2, 0.25) is 0 Å². The van der Waals surface area contributed by atoms with Crippen LogP contribution >= 0.6 is 47.0 Å². The Morgan fingerprint density at radius 1 is 0.327 bits per heavy atom. The van der Waals surface area contributed by atoms with Crippen molar-refractivity contribution >= 4 is 47.0 Å². The molecule has 2 aliphatic heterocycles. The molecule has 0 N–H and O–H groups in total. The first-order valence-electron chi connectivity index (χ1n) is 17.9. The predicted octanol–water partition coefficient (Wildman–Crippen LogP) is 14.9. The van der Waals surface area contributed by atoms with Crippen LogP contribution in [0, 0.1) is 0 Å². The molecule has 0 atom stereocenters. The van der Waals surface area contributed by atoms with Gasteiger partial charge in [0.2, 0.25) is 0 Å². The highest BCUT2D eigenvalue weighted by Crippen LogP contribution is 2.60. The number of hydrogen-bond acceptors (Lipinski definition) is 4. The summed E-state index contributed by atoms with van der Waals surface area (Å²) in [5.41, 5.74) is 16.2. The first-order valence-corrected chi connectivity index (χ1v) is 21.2. The molecule has 0 fully saturated rings. The fourth-order valence-corrected chi connectivity index (χ4v) is 13.7. The third kappa shape index (κ3) is 4.48. The molecule has 0 aromatic heterocycles. The molecule has 0 saturated heterocycles. The van der Waals surface area contributed by atoms with Crippen LogP contribution in [-0.4, -0.2) is 0 Å². The van der Waals surface area contributed by atoms with Crippen molar-refractivity contribution < 1.29 is 0 Å². The highest BCUT2D eigenvalue weighted by atomic mass is 32.2. The van der Waals surface area contributed by atoms with Crippen LogP contribution in [0.25, 0.3) is 44.5 Å².